The first-order chi connectivity index (χ1) is 11.9. The van der Waals surface area contributed by atoms with Gasteiger partial charge in [0.2, 0.25) is 5.91 Å². The minimum Gasteiger partial charge on any atom is -0.480 e. The lowest BCUT2D eigenvalue weighted by Crippen LogP contribution is -2.55. The number of carboxylic acid groups (broad SMARTS) is 1. The van der Waals surface area contributed by atoms with Crippen LogP contribution >= 0.6 is 0 Å². The van der Waals surface area contributed by atoms with E-state index in [1.807, 2.05) is 25.1 Å². The molecule has 1 aromatic rings. The van der Waals surface area contributed by atoms with Gasteiger partial charge in [0.05, 0.1) is 6.61 Å². The summed E-state index contributed by atoms with van der Waals surface area (Å²) in [6.07, 6.45) is -0.200. The molecule has 0 aliphatic heterocycles. The third-order valence-corrected chi connectivity index (χ3v) is 3.78. The van der Waals surface area contributed by atoms with Crippen molar-refractivity contribution in [3.8, 4) is 0 Å². The number of carbonyl (C=O) groups is 3. The molecule has 2 amide bonds. The van der Waals surface area contributed by atoms with Crippen LogP contribution in [-0.4, -0.2) is 46.9 Å². The van der Waals surface area contributed by atoms with Crippen molar-refractivity contribution in [3.63, 3.8) is 0 Å². The maximum Gasteiger partial charge on any atom is 0.408 e. The number of carbonyl (C=O) groups excluding carboxylic acids is 2. The van der Waals surface area contributed by atoms with Crippen molar-refractivity contribution >= 4 is 18.0 Å². The van der Waals surface area contributed by atoms with Gasteiger partial charge in [-0.25, -0.2) is 9.59 Å². The van der Waals surface area contributed by atoms with E-state index < -0.39 is 36.7 Å². The summed E-state index contributed by atoms with van der Waals surface area (Å²) in [5.74, 6) is -2.30. The van der Waals surface area contributed by atoms with E-state index in [1.165, 1.54) is 0 Å². The fraction of sp³-hybridized carbons (Fsp3) is 0.471. The highest BCUT2D eigenvalue weighted by Crippen LogP contribution is 2.09. The van der Waals surface area contributed by atoms with Gasteiger partial charge in [0.25, 0.3) is 0 Å². The van der Waals surface area contributed by atoms with Crippen LogP contribution in [0.3, 0.4) is 0 Å². The Morgan fingerprint density at radius 1 is 1.16 bits per heavy atom. The highest BCUT2D eigenvalue weighted by Gasteiger charge is 2.29. The molecule has 0 spiro atoms. The van der Waals surface area contributed by atoms with Crippen LogP contribution in [-0.2, 0) is 20.9 Å². The summed E-state index contributed by atoms with van der Waals surface area (Å²) in [4.78, 5) is 35.2. The Morgan fingerprint density at radius 3 is 2.32 bits per heavy atom. The zero-order valence-electron chi connectivity index (χ0n) is 14.3. The smallest absolute Gasteiger partial charge is 0.408 e. The molecule has 0 heterocycles. The van der Waals surface area contributed by atoms with Gasteiger partial charge in [0.1, 0.15) is 18.7 Å². The first kappa shape index (κ1) is 20.4. The van der Waals surface area contributed by atoms with E-state index in [2.05, 4.69) is 10.6 Å². The Morgan fingerprint density at radius 2 is 1.80 bits per heavy atom. The van der Waals surface area contributed by atoms with E-state index in [0.717, 1.165) is 5.56 Å². The fourth-order valence-electron chi connectivity index (χ4n) is 2.04. The topological polar surface area (TPSA) is 125 Å². The van der Waals surface area contributed by atoms with E-state index in [1.54, 1.807) is 19.1 Å². The van der Waals surface area contributed by atoms with Crippen LogP contribution in [0, 0.1) is 5.92 Å². The zero-order valence-corrected chi connectivity index (χ0v) is 14.3. The highest BCUT2D eigenvalue weighted by molar-refractivity contribution is 5.89. The summed E-state index contributed by atoms with van der Waals surface area (Å²) < 4.78 is 5.09. The summed E-state index contributed by atoms with van der Waals surface area (Å²) in [7, 11) is 0. The molecule has 3 atom stereocenters. The number of aliphatic carboxylic acids is 1. The number of hydrogen-bond acceptors (Lipinski definition) is 5. The van der Waals surface area contributed by atoms with Crippen LogP contribution in [0.25, 0.3) is 0 Å². The van der Waals surface area contributed by atoms with E-state index >= 15 is 0 Å². The van der Waals surface area contributed by atoms with Crippen LogP contribution in [0.5, 0.6) is 0 Å². The Bertz CT molecular complexity index is 578. The summed E-state index contributed by atoms with van der Waals surface area (Å²) >= 11 is 0. The van der Waals surface area contributed by atoms with Crippen LogP contribution in [0.15, 0.2) is 30.3 Å². The van der Waals surface area contributed by atoms with Crippen LogP contribution in [0.2, 0.25) is 0 Å². The van der Waals surface area contributed by atoms with Crippen LogP contribution in [0.4, 0.5) is 4.79 Å². The Hall–Kier alpha value is -2.61. The first-order valence-corrected chi connectivity index (χ1v) is 8.00. The number of amides is 2. The van der Waals surface area contributed by atoms with Gasteiger partial charge in [-0.15, -0.1) is 0 Å². The minimum absolute atomic E-state index is 0.0515. The molecule has 0 saturated carbocycles. The third kappa shape index (κ3) is 6.80. The molecule has 0 radical (unpaired) electrons. The second-order valence-electron chi connectivity index (χ2n) is 5.65. The summed E-state index contributed by atoms with van der Waals surface area (Å²) in [5.41, 5.74) is 0.799. The zero-order chi connectivity index (χ0) is 18.8. The maximum atomic E-state index is 12.3. The molecule has 4 N–H and O–H groups in total. The fourth-order valence-corrected chi connectivity index (χ4v) is 2.04. The van der Waals surface area contributed by atoms with Gasteiger partial charge in [-0.05, 0) is 11.5 Å². The number of carboxylic acids is 1. The molecule has 0 bridgehead atoms. The molecule has 8 heteroatoms. The largest absolute Gasteiger partial charge is 0.480 e. The van der Waals surface area contributed by atoms with E-state index in [4.69, 9.17) is 14.9 Å². The molecule has 8 nitrogen and oxygen atoms in total. The monoisotopic (exact) mass is 352 g/mol. The van der Waals surface area contributed by atoms with Gasteiger partial charge in [-0.3, -0.25) is 4.79 Å². The van der Waals surface area contributed by atoms with Crippen molar-refractivity contribution < 1.29 is 29.3 Å². The van der Waals surface area contributed by atoms with Gasteiger partial charge in [0.15, 0.2) is 0 Å². The third-order valence-electron chi connectivity index (χ3n) is 3.78. The lowest BCUT2D eigenvalue weighted by molar-refractivity contribution is -0.143. The summed E-state index contributed by atoms with van der Waals surface area (Å²) in [6.45, 7) is 2.89. The molecule has 0 saturated heterocycles. The van der Waals surface area contributed by atoms with Crippen LogP contribution < -0.4 is 10.6 Å². The average molecular weight is 352 g/mol. The number of benzene rings is 1. The average Bonchev–Trinajstić information content (AvgIpc) is 2.62. The Labute approximate surface area is 146 Å². The van der Waals surface area contributed by atoms with Gasteiger partial charge in [-0.2, -0.15) is 0 Å². The van der Waals surface area contributed by atoms with Crippen molar-refractivity contribution in [2.75, 3.05) is 6.61 Å². The van der Waals surface area contributed by atoms with Crippen molar-refractivity contribution in [1.29, 1.82) is 0 Å². The SMILES string of the molecule is CC[C@H](C)[C@H](NC(=O)OCc1ccccc1)C(=O)N[C@H](CO)C(=O)O. The standard InChI is InChI=1S/C17H24N2O6/c1-3-11(2)14(15(21)18-13(9-20)16(22)23)19-17(24)25-10-12-7-5-4-6-8-12/h4-8,11,13-14,20H,3,9-10H2,1-2H3,(H,18,21)(H,19,24)(H,22,23)/t11-,13+,14-/m0/s1. The molecule has 25 heavy (non-hydrogen) atoms. The van der Waals surface area contributed by atoms with Gasteiger partial charge in [-0.1, -0.05) is 50.6 Å². The number of ether oxygens (including phenoxy) is 1. The van der Waals surface area contributed by atoms with Gasteiger partial charge in [0, 0.05) is 0 Å². The molecule has 1 rings (SSSR count). The van der Waals surface area contributed by atoms with Crippen molar-refractivity contribution in [1.82, 2.24) is 10.6 Å². The second-order valence-corrected chi connectivity index (χ2v) is 5.65. The number of hydrogen-bond donors (Lipinski definition) is 4. The van der Waals surface area contributed by atoms with Crippen LogP contribution in [0.1, 0.15) is 25.8 Å². The number of alkyl carbamates (subject to hydrolysis) is 1. The number of rotatable bonds is 9. The van der Waals surface area contributed by atoms with E-state index in [0.29, 0.717) is 6.42 Å². The molecule has 0 unspecified atom stereocenters. The second kappa shape index (κ2) is 10.3. The Kier molecular flexibility index (Phi) is 8.42. The summed E-state index contributed by atoms with van der Waals surface area (Å²) in [6, 6.07) is 6.66. The summed E-state index contributed by atoms with van der Waals surface area (Å²) in [5, 5.41) is 22.6. The minimum atomic E-state index is -1.43. The van der Waals surface area contributed by atoms with Crippen molar-refractivity contribution in [3.05, 3.63) is 35.9 Å². The Balaban J connectivity index is 2.66. The molecule has 0 aliphatic carbocycles. The molecule has 0 aromatic heterocycles. The highest BCUT2D eigenvalue weighted by atomic mass is 16.5. The first-order valence-electron chi connectivity index (χ1n) is 8.00. The number of aliphatic hydroxyl groups is 1. The molecular weight excluding hydrogens is 328 g/mol. The molecule has 0 aliphatic rings. The lowest BCUT2D eigenvalue weighted by atomic mass is 9.98. The molecule has 138 valence electrons. The van der Waals surface area contributed by atoms with Crippen molar-refractivity contribution in [2.45, 2.75) is 39.0 Å². The molecule has 1 aromatic carbocycles. The maximum absolute atomic E-state index is 12.3. The van der Waals surface area contributed by atoms with E-state index in [9.17, 15) is 14.4 Å². The normalized spacial score (nSPS) is 14.0. The van der Waals surface area contributed by atoms with E-state index in [-0.39, 0.29) is 12.5 Å². The van der Waals surface area contributed by atoms with Gasteiger partial charge < -0.3 is 25.6 Å². The van der Waals surface area contributed by atoms with Gasteiger partial charge >= 0.3 is 12.1 Å². The predicted octanol–water partition coefficient (Wildman–Crippen LogP) is 0.889. The molecular formula is C17H24N2O6. The quantitative estimate of drug-likeness (QED) is 0.523. The lowest BCUT2D eigenvalue weighted by Gasteiger charge is -2.24. The predicted molar refractivity (Wildman–Crippen MR) is 89.7 cm³/mol. The number of nitrogens with one attached hydrogen (secondary N) is 2. The molecule has 0 fully saturated rings. The van der Waals surface area contributed by atoms with Crippen molar-refractivity contribution in [2.24, 2.45) is 5.92 Å². The number of aliphatic hydroxyl groups excluding tert-OH is 1.